The molecule has 0 unspecified atom stereocenters. The van der Waals surface area contributed by atoms with Gasteiger partial charge in [-0.3, -0.25) is 0 Å². The van der Waals surface area contributed by atoms with E-state index >= 15 is 0 Å². The van der Waals surface area contributed by atoms with Crippen LogP contribution < -0.4 is 0 Å². The van der Waals surface area contributed by atoms with Crippen LogP contribution in [0.1, 0.15) is 43.0 Å². The summed E-state index contributed by atoms with van der Waals surface area (Å²) in [5, 5.41) is 0. The Bertz CT molecular complexity index is 265. The van der Waals surface area contributed by atoms with Crippen molar-refractivity contribution in [3.63, 3.8) is 0 Å². The second-order valence-corrected chi connectivity index (χ2v) is 6.45. The first-order chi connectivity index (χ1) is 6.90. The standard InChI is InChI=1S/C12H18S2/c1-2-3-8-13-12-9-10-6-4-5-7-11(10)14-12/h9H,2-8H2,1H3. The third-order valence-corrected chi connectivity index (χ3v) is 5.25. The lowest BCUT2D eigenvalue weighted by molar-refractivity contribution is 0.697. The van der Waals surface area contributed by atoms with Gasteiger partial charge in [-0.2, -0.15) is 0 Å². The van der Waals surface area contributed by atoms with E-state index in [2.05, 4.69) is 24.8 Å². The zero-order chi connectivity index (χ0) is 9.80. The second-order valence-electron chi connectivity index (χ2n) is 3.92. The Morgan fingerprint density at radius 2 is 2.21 bits per heavy atom. The molecule has 14 heavy (non-hydrogen) atoms. The average molecular weight is 226 g/mol. The van der Waals surface area contributed by atoms with Gasteiger partial charge in [0, 0.05) is 4.88 Å². The summed E-state index contributed by atoms with van der Waals surface area (Å²) in [6, 6.07) is 2.44. The van der Waals surface area contributed by atoms with E-state index in [1.165, 1.54) is 44.3 Å². The molecule has 0 saturated heterocycles. The highest BCUT2D eigenvalue weighted by Gasteiger charge is 2.12. The number of rotatable bonds is 4. The lowest BCUT2D eigenvalue weighted by Gasteiger charge is -2.08. The highest BCUT2D eigenvalue weighted by Crippen LogP contribution is 2.35. The first kappa shape index (κ1) is 10.6. The van der Waals surface area contributed by atoms with Crippen LogP contribution in [0.4, 0.5) is 0 Å². The molecular formula is C12H18S2. The average Bonchev–Trinajstić information content (AvgIpc) is 2.60. The minimum atomic E-state index is 1.30. The molecule has 0 N–H and O–H groups in total. The zero-order valence-electron chi connectivity index (χ0n) is 8.84. The van der Waals surface area contributed by atoms with E-state index in [0.717, 1.165) is 0 Å². The Hall–Kier alpha value is 0.0500. The highest BCUT2D eigenvalue weighted by atomic mass is 32.2. The van der Waals surface area contributed by atoms with Crippen LogP contribution in [-0.4, -0.2) is 5.75 Å². The summed E-state index contributed by atoms with van der Waals surface area (Å²) in [7, 11) is 0. The molecule has 0 aliphatic heterocycles. The van der Waals surface area contributed by atoms with Crippen LogP contribution in [0.25, 0.3) is 0 Å². The summed E-state index contributed by atoms with van der Waals surface area (Å²) in [6.07, 6.45) is 8.16. The van der Waals surface area contributed by atoms with Crippen molar-refractivity contribution < 1.29 is 0 Å². The molecule has 2 heteroatoms. The number of aryl methyl sites for hydroxylation is 2. The first-order valence-electron chi connectivity index (χ1n) is 5.64. The Morgan fingerprint density at radius 1 is 1.36 bits per heavy atom. The van der Waals surface area contributed by atoms with Crippen LogP contribution in [0.15, 0.2) is 10.3 Å². The monoisotopic (exact) mass is 226 g/mol. The maximum atomic E-state index is 2.44. The second kappa shape index (κ2) is 5.22. The highest BCUT2D eigenvalue weighted by molar-refractivity contribution is 8.01. The van der Waals surface area contributed by atoms with Crippen molar-refractivity contribution in [3.05, 3.63) is 16.5 Å². The number of fused-ring (bicyclic) bond motifs is 1. The van der Waals surface area contributed by atoms with Gasteiger partial charge in [0.25, 0.3) is 0 Å². The van der Waals surface area contributed by atoms with Gasteiger partial charge >= 0.3 is 0 Å². The molecule has 0 saturated carbocycles. The van der Waals surface area contributed by atoms with Gasteiger partial charge in [-0.1, -0.05) is 13.3 Å². The summed E-state index contributed by atoms with van der Waals surface area (Å²) >= 11 is 4.11. The molecule has 1 aromatic rings. The summed E-state index contributed by atoms with van der Waals surface area (Å²) in [4.78, 5) is 1.68. The van der Waals surface area contributed by atoms with E-state index in [1.807, 2.05) is 11.3 Å². The van der Waals surface area contributed by atoms with Gasteiger partial charge in [0.15, 0.2) is 0 Å². The van der Waals surface area contributed by atoms with Gasteiger partial charge < -0.3 is 0 Å². The van der Waals surface area contributed by atoms with Crippen molar-refractivity contribution >= 4 is 23.1 Å². The molecule has 0 radical (unpaired) electrons. The maximum absolute atomic E-state index is 2.44. The predicted molar refractivity (Wildman–Crippen MR) is 66.6 cm³/mol. The molecular weight excluding hydrogens is 208 g/mol. The number of unbranched alkanes of at least 4 members (excludes halogenated alkanes) is 1. The Balaban J connectivity index is 1.94. The predicted octanol–water partition coefficient (Wildman–Crippen LogP) is 4.52. The molecule has 0 spiro atoms. The molecule has 0 atom stereocenters. The lowest BCUT2D eigenvalue weighted by atomic mass is 10.00. The van der Waals surface area contributed by atoms with Crippen LogP contribution in [0.5, 0.6) is 0 Å². The number of hydrogen-bond acceptors (Lipinski definition) is 2. The van der Waals surface area contributed by atoms with Gasteiger partial charge in [-0.25, -0.2) is 0 Å². The Morgan fingerprint density at radius 3 is 3.00 bits per heavy atom. The normalized spacial score (nSPS) is 15.5. The summed E-state index contributed by atoms with van der Waals surface area (Å²) in [6.45, 7) is 2.26. The first-order valence-corrected chi connectivity index (χ1v) is 7.44. The van der Waals surface area contributed by atoms with E-state index in [-0.39, 0.29) is 0 Å². The molecule has 0 aromatic carbocycles. The summed E-state index contributed by atoms with van der Waals surface area (Å²) in [5.41, 5.74) is 1.65. The summed E-state index contributed by atoms with van der Waals surface area (Å²) in [5.74, 6) is 1.30. The van der Waals surface area contributed by atoms with Crippen molar-refractivity contribution in [2.75, 3.05) is 5.75 Å². The van der Waals surface area contributed by atoms with E-state index < -0.39 is 0 Å². The van der Waals surface area contributed by atoms with Crippen LogP contribution in [-0.2, 0) is 12.8 Å². The van der Waals surface area contributed by atoms with Gasteiger partial charge in [0.05, 0.1) is 4.21 Å². The van der Waals surface area contributed by atoms with E-state index in [9.17, 15) is 0 Å². The van der Waals surface area contributed by atoms with Gasteiger partial charge in [-0.15, -0.1) is 23.1 Å². The van der Waals surface area contributed by atoms with Crippen molar-refractivity contribution in [1.29, 1.82) is 0 Å². The molecule has 1 aromatic heterocycles. The molecule has 0 bridgehead atoms. The maximum Gasteiger partial charge on any atom is 0.0604 e. The lowest BCUT2D eigenvalue weighted by Crippen LogP contribution is -1.96. The molecule has 1 heterocycles. The van der Waals surface area contributed by atoms with Crippen LogP contribution >= 0.6 is 23.1 Å². The van der Waals surface area contributed by atoms with Gasteiger partial charge in [0.2, 0.25) is 0 Å². The van der Waals surface area contributed by atoms with E-state index in [1.54, 1.807) is 14.6 Å². The largest absolute Gasteiger partial charge is 0.134 e. The van der Waals surface area contributed by atoms with Crippen molar-refractivity contribution in [1.82, 2.24) is 0 Å². The fourth-order valence-electron chi connectivity index (χ4n) is 1.85. The molecule has 1 aliphatic rings. The number of hydrogen-bond donors (Lipinski definition) is 0. The third kappa shape index (κ3) is 2.54. The molecule has 2 rings (SSSR count). The minimum Gasteiger partial charge on any atom is -0.134 e. The van der Waals surface area contributed by atoms with Gasteiger partial charge in [0.1, 0.15) is 0 Å². The Labute approximate surface area is 95.1 Å². The molecule has 78 valence electrons. The minimum absolute atomic E-state index is 1.30. The van der Waals surface area contributed by atoms with Crippen LogP contribution in [0.3, 0.4) is 0 Å². The zero-order valence-corrected chi connectivity index (χ0v) is 10.5. The van der Waals surface area contributed by atoms with Gasteiger partial charge in [-0.05, 0) is 49.5 Å². The fraction of sp³-hybridized carbons (Fsp3) is 0.667. The topological polar surface area (TPSA) is 0 Å². The van der Waals surface area contributed by atoms with Crippen molar-refractivity contribution in [3.8, 4) is 0 Å². The SMILES string of the molecule is CCCCSc1cc2c(s1)CCCC2. The Kier molecular flexibility index (Phi) is 3.94. The molecule has 1 aliphatic carbocycles. The summed E-state index contributed by atoms with van der Waals surface area (Å²) < 4.78 is 1.56. The van der Waals surface area contributed by atoms with Crippen LogP contribution in [0, 0.1) is 0 Å². The molecule has 0 nitrogen and oxygen atoms in total. The number of thiophene rings is 1. The fourth-order valence-corrected chi connectivity index (χ4v) is 4.48. The van der Waals surface area contributed by atoms with E-state index in [4.69, 9.17) is 0 Å². The quantitative estimate of drug-likeness (QED) is 0.537. The van der Waals surface area contributed by atoms with Crippen LogP contribution in [0.2, 0.25) is 0 Å². The molecule has 0 fully saturated rings. The third-order valence-electron chi connectivity index (χ3n) is 2.72. The van der Waals surface area contributed by atoms with E-state index in [0.29, 0.717) is 0 Å². The van der Waals surface area contributed by atoms with Crippen molar-refractivity contribution in [2.24, 2.45) is 0 Å². The van der Waals surface area contributed by atoms with Crippen molar-refractivity contribution in [2.45, 2.75) is 49.7 Å². The smallest absolute Gasteiger partial charge is 0.0604 e. The molecule has 0 amide bonds. The number of thioether (sulfide) groups is 1.